The van der Waals surface area contributed by atoms with Gasteiger partial charge in [-0.15, -0.1) is 0 Å². The number of fused-ring (bicyclic) bond motifs is 2. The molecule has 0 radical (unpaired) electrons. The number of hydrogen-bond acceptors (Lipinski definition) is 3. The topological polar surface area (TPSA) is 50.4 Å². The summed E-state index contributed by atoms with van der Waals surface area (Å²) in [5, 5.41) is 13.1. The van der Waals surface area contributed by atoms with Crippen molar-refractivity contribution in [2.75, 3.05) is 0 Å². The number of rotatable bonds is 1. The monoisotopic (exact) mass is 574 g/mol. The molecule has 0 amide bonds. The molecular weight excluding hydrogens is 565 g/mol. The number of halogens is 3. The molecule has 0 atom stereocenters. The highest BCUT2D eigenvalue weighted by atomic mass is 127. The predicted molar refractivity (Wildman–Crippen MR) is 118 cm³/mol. The van der Waals surface area contributed by atoms with E-state index in [1.165, 1.54) is 0 Å². The van der Waals surface area contributed by atoms with Gasteiger partial charge in [0.05, 0.1) is 8.96 Å². The molecule has 3 aromatic carbocycles. The fraction of sp³-hybridized carbons (Fsp3) is 0. The van der Waals surface area contributed by atoms with Crippen molar-refractivity contribution < 1.29 is 9.52 Å². The minimum atomic E-state index is -0.438. The number of benzene rings is 3. The van der Waals surface area contributed by atoms with Gasteiger partial charge in [-0.25, -0.2) is 0 Å². The summed E-state index contributed by atoms with van der Waals surface area (Å²) in [6, 6.07) is 14.7. The molecule has 0 saturated heterocycles. The van der Waals surface area contributed by atoms with Gasteiger partial charge >= 0.3 is 0 Å². The van der Waals surface area contributed by atoms with Crippen molar-refractivity contribution >= 4 is 78.5 Å². The Hall–Kier alpha value is -1.32. The van der Waals surface area contributed by atoms with E-state index in [-0.39, 0.29) is 5.76 Å². The fourth-order valence-electron chi connectivity index (χ4n) is 2.86. The van der Waals surface area contributed by atoms with Crippen molar-refractivity contribution in [1.29, 1.82) is 0 Å². The van der Waals surface area contributed by atoms with Crippen LogP contribution in [-0.4, -0.2) is 5.11 Å². The van der Waals surface area contributed by atoms with Gasteiger partial charge in [0.1, 0.15) is 0 Å². The van der Waals surface area contributed by atoms with Gasteiger partial charge in [0.2, 0.25) is 11.2 Å². The van der Waals surface area contributed by atoms with Gasteiger partial charge in [-0.2, -0.15) is 0 Å². The van der Waals surface area contributed by atoms with Crippen LogP contribution in [-0.2, 0) is 0 Å². The molecule has 0 aliphatic heterocycles. The van der Waals surface area contributed by atoms with Crippen molar-refractivity contribution in [3.8, 4) is 17.1 Å². The van der Waals surface area contributed by atoms with E-state index in [9.17, 15) is 9.90 Å². The Labute approximate surface area is 174 Å². The van der Waals surface area contributed by atoms with Gasteiger partial charge in [0.25, 0.3) is 0 Å². The first-order valence-electron chi connectivity index (χ1n) is 7.30. The third-order valence-corrected chi connectivity index (χ3v) is 5.76. The van der Waals surface area contributed by atoms with Crippen molar-refractivity contribution in [1.82, 2.24) is 0 Å². The second-order valence-electron chi connectivity index (χ2n) is 5.51. The lowest BCUT2D eigenvalue weighted by Gasteiger charge is -2.11. The van der Waals surface area contributed by atoms with Crippen LogP contribution in [0.1, 0.15) is 0 Å². The Bertz CT molecular complexity index is 1210. The lowest BCUT2D eigenvalue weighted by Crippen LogP contribution is -2.04. The molecule has 124 valence electrons. The molecule has 0 spiro atoms. The van der Waals surface area contributed by atoms with Crippen LogP contribution in [0.2, 0.25) is 5.02 Å². The largest absolute Gasteiger partial charge is 0.502 e. The normalized spacial score (nSPS) is 11.3. The first-order chi connectivity index (χ1) is 12.0. The fourth-order valence-corrected chi connectivity index (χ4v) is 5.04. The molecule has 25 heavy (non-hydrogen) atoms. The second kappa shape index (κ2) is 6.44. The zero-order valence-corrected chi connectivity index (χ0v) is 17.6. The Balaban J connectivity index is 2.15. The minimum absolute atomic E-state index is 0.157. The summed E-state index contributed by atoms with van der Waals surface area (Å²) in [4.78, 5) is 12.7. The first kappa shape index (κ1) is 17.1. The SMILES string of the molecule is O=c1c(O)c(-c2ccc(Cl)c3ccccc23)oc2c(I)cc(I)cc12. The average Bonchev–Trinajstić information content (AvgIpc) is 2.60. The summed E-state index contributed by atoms with van der Waals surface area (Å²) >= 11 is 10.5. The van der Waals surface area contributed by atoms with E-state index in [4.69, 9.17) is 16.0 Å². The molecular formula is C19H9ClI2O3. The van der Waals surface area contributed by atoms with Crippen LogP contribution in [0.25, 0.3) is 33.1 Å². The maximum atomic E-state index is 12.7. The highest BCUT2D eigenvalue weighted by Gasteiger charge is 2.19. The van der Waals surface area contributed by atoms with Gasteiger partial charge < -0.3 is 9.52 Å². The summed E-state index contributed by atoms with van der Waals surface area (Å²) in [6.45, 7) is 0. The van der Waals surface area contributed by atoms with Crippen molar-refractivity contribution in [2.24, 2.45) is 0 Å². The first-order valence-corrected chi connectivity index (χ1v) is 9.83. The molecule has 0 fully saturated rings. The predicted octanol–water partition coefficient (Wildman–Crippen LogP) is 6.18. The van der Waals surface area contributed by atoms with E-state index in [2.05, 4.69) is 45.2 Å². The van der Waals surface area contributed by atoms with Crippen LogP contribution in [0.3, 0.4) is 0 Å². The number of hydrogen-bond donors (Lipinski definition) is 1. The third-order valence-electron chi connectivity index (χ3n) is 4.00. The molecule has 4 aromatic rings. The lowest BCUT2D eigenvalue weighted by atomic mass is 10.0. The van der Waals surface area contributed by atoms with Crippen molar-refractivity contribution in [3.05, 3.63) is 70.9 Å². The van der Waals surface area contributed by atoms with Gasteiger partial charge in [-0.05, 0) is 74.8 Å². The molecule has 0 aliphatic rings. The smallest absolute Gasteiger partial charge is 0.235 e. The Morgan fingerprint density at radius 1 is 0.960 bits per heavy atom. The molecule has 1 heterocycles. The third kappa shape index (κ3) is 2.82. The average molecular weight is 575 g/mol. The van der Waals surface area contributed by atoms with E-state index in [1.54, 1.807) is 18.2 Å². The Kier molecular flexibility index (Phi) is 4.41. The van der Waals surface area contributed by atoms with Crippen LogP contribution in [0, 0.1) is 7.14 Å². The maximum Gasteiger partial charge on any atom is 0.235 e. The summed E-state index contributed by atoms with van der Waals surface area (Å²) in [5.74, 6) is -0.234. The molecule has 4 rings (SSSR count). The van der Waals surface area contributed by atoms with E-state index in [0.717, 1.165) is 17.9 Å². The van der Waals surface area contributed by atoms with Crippen LogP contribution in [0.15, 0.2) is 57.7 Å². The highest BCUT2D eigenvalue weighted by Crippen LogP contribution is 2.38. The zero-order valence-electron chi connectivity index (χ0n) is 12.5. The van der Waals surface area contributed by atoms with Gasteiger partial charge in [-0.1, -0.05) is 35.9 Å². The van der Waals surface area contributed by atoms with Crippen LogP contribution < -0.4 is 5.43 Å². The standard InChI is InChI=1S/C19H9ClI2O3/c20-14-6-5-12(10-3-1-2-4-11(10)14)19-17(24)16(23)13-7-9(21)8-15(22)18(13)25-19/h1-8,24H. The molecule has 0 saturated carbocycles. The zero-order chi connectivity index (χ0) is 17.7. The Morgan fingerprint density at radius 3 is 2.44 bits per heavy atom. The van der Waals surface area contributed by atoms with Crippen LogP contribution >= 0.6 is 56.8 Å². The van der Waals surface area contributed by atoms with Gasteiger partial charge in [0, 0.05) is 19.5 Å². The molecule has 0 aliphatic carbocycles. The molecule has 1 aromatic heterocycles. The number of aromatic hydroxyl groups is 1. The van der Waals surface area contributed by atoms with Crippen molar-refractivity contribution in [2.45, 2.75) is 0 Å². The molecule has 1 N–H and O–H groups in total. The summed E-state index contributed by atoms with van der Waals surface area (Å²) in [6.07, 6.45) is 0. The molecule has 0 bridgehead atoms. The highest BCUT2D eigenvalue weighted by molar-refractivity contribution is 14.1. The summed E-state index contributed by atoms with van der Waals surface area (Å²) < 4.78 is 7.71. The van der Waals surface area contributed by atoms with Gasteiger partial charge in [0.15, 0.2) is 11.3 Å². The molecule has 6 heteroatoms. The molecule has 3 nitrogen and oxygen atoms in total. The second-order valence-corrected chi connectivity index (χ2v) is 8.33. The van der Waals surface area contributed by atoms with E-state index in [0.29, 0.717) is 21.6 Å². The van der Waals surface area contributed by atoms with Gasteiger partial charge in [-0.3, -0.25) is 4.79 Å². The minimum Gasteiger partial charge on any atom is -0.502 e. The van der Waals surface area contributed by atoms with Crippen LogP contribution in [0.5, 0.6) is 5.75 Å². The maximum absolute atomic E-state index is 12.7. The summed E-state index contributed by atoms with van der Waals surface area (Å²) in [7, 11) is 0. The molecule has 0 unspecified atom stereocenters. The van der Waals surface area contributed by atoms with E-state index in [1.807, 2.05) is 30.3 Å². The summed E-state index contributed by atoms with van der Waals surface area (Å²) in [5.41, 5.74) is 0.662. The van der Waals surface area contributed by atoms with E-state index < -0.39 is 11.2 Å². The van der Waals surface area contributed by atoms with E-state index >= 15 is 0 Å². The van der Waals surface area contributed by atoms with Crippen LogP contribution in [0.4, 0.5) is 0 Å². The lowest BCUT2D eigenvalue weighted by molar-refractivity contribution is 0.449. The van der Waals surface area contributed by atoms with Crippen molar-refractivity contribution in [3.63, 3.8) is 0 Å². The quantitative estimate of drug-likeness (QED) is 0.276. The Morgan fingerprint density at radius 2 is 1.68 bits per heavy atom.